The third-order valence-corrected chi connectivity index (χ3v) is 5.73. The number of hydrogen-bond acceptors (Lipinski definition) is 4. The Kier molecular flexibility index (Phi) is 5.77. The highest BCUT2D eigenvalue weighted by atomic mass is 32.2. The Morgan fingerprint density at radius 3 is 2.61 bits per heavy atom. The monoisotopic (exact) mass is 442 g/mol. The molecule has 0 unspecified atom stereocenters. The average Bonchev–Trinajstić information content (AvgIpc) is 2.91. The standard InChI is InChI=1S/C22H23FN4O3S/c1-31(29,30)26-18-14-16(11-12-17(18)23)24-22(28)20-19-10-6-3-7-13-27(19)21(25-20)15-8-4-2-5-9-15/h2,4-5,8-9,11-12,14,26H,3,6-7,10,13H2,1H3,(H,24,28). The number of amides is 1. The minimum absolute atomic E-state index is 0.228. The fraction of sp³-hybridized carbons (Fsp3) is 0.273. The SMILES string of the molecule is CS(=O)(=O)Nc1cc(NC(=O)c2nc(-c3ccccc3)n3c2CCCCC3)ccc1F. The van der Waals surface area contributed by atoms with Crippen LogP contribution in [0.5, 0.6) is 0 Å². The molecular weight excluding hydrogens is 419 g/mol. The van der Waals surface area contributed by atoms with Crippen LogP contribution in [-0.2, 0) is 23.0 Å². The zero-order valence-electron chi connectivity index (χ0n) is 17.1. The molecule has 2 N–H and O–H groups in total. The third kappa shape index (κ3) is 4.77. The molecular formula is C22H23FN4O3S. The molecule has 0 aliphatic carbocycles. The van der Waals surface area contributed by atoms with Crippen molar-refractivity contribution < 1.29 is 17.6 Å². The number of nitrogens with zero attached hydrogens (tertiary/aromatic N) is 2. The molecule has 0 saturated carbocycles. The first kappa shape index (κ1) is 21.0. The van der Waals surface area contributed by atoms with Crippen LogP contribution in [0, 0.1) is 5.82 Å². The van der Waals surface area contributed by atoms with E-state index in [9.17, 15) is 17.6 Å². The van der Waals surface area contributed by atoms with Crippen molar-refractivity contribution in [1.29, 1.82) is 0 Å². The first-order valence-electron chi connectivity index (χ1n) is 10.1. The van der Waals surface area contributed by atoms with Gasteiger partial charge in [0.1, 0.15) is 17.3 Å². The maximum Gasteiger partial charge on any atom is 0.276 e. The molecule has 0 fully saturated rings. The number of halogens is 1. The number of hydrogen-bond donors (Lipinski definition) is 2. The lowest BCUT2D eigenvalue weighted by Gasteiger charge is -2.10. The number of aromatic nitrogens is 2. The summed E-state index contributed by atoms with van der Waals surface area (Å²) in [5.74, 6) is -0.392. The van der Waals surface area contributed by atoms with Gasteiger partial charge in [-0.15, -0.1) is 0 Å². The highest BCUT2D eigenvalue weighted by molar-refractivity contribution is 7.92. The van der Waals surface area contributed by atoms with Crippen LogP contribution < -0.4 is 10.0 Å². The Morgan fingerprint density at radius 2 is 1.87 bits per heavy atom. The molecule has 1 aliphatic rings. The maximum atomic E-state index is 14.0. The van der Waals surface area contributed by atoms with E-state index in [0.29, 0.717) is 5.69 Å². The molecule has 0 radical (unpaired) electrons. The molecule has 1 aromatic heterocycles. The Bertz CT molecular complexity index is 1220. The lowest BCUT2D eigenvalue weighted by Crippen LogP contribution is -2.16. The molecule has 7 nitrogen and oxygen atoms in total. The van der Waals surface area contributed by atoms with Gasteiger partial charge in [-0.25, -0.2) is 17.8 Å². The quantitative estimate of drug-likeness (QED) is 0.624. The summed E-state index contributed by atoms with van der Waals surface area (Å²) < 4.78 is 41.1. The summed E-state index contributed by atoms with van der Waals surface area (Å²) in [7, 11) is -3.66. The Morgan fingerprint density at radius 1 is 1.10 bits per heavy atom. The fourth-order valence-corrected chi connectivity index (χ4v) is 4.34. The second kappa shape index (κ2) is 8.50. The van der Waals surface area contributed by atoms with E-state index in [0.717, 1.165) is 61.6 Å². The van der Waals surface area contributed by atoms with Crippen LogP contribution in [0.4, 0.5) is 15.8 Å². The number of nitrogens with one attached hydrogen (secondary N) is 2. The maximum absolute atomic E-state index is 14.0. The average molecular weight is 443 g/mol. The zero-order chi connectivity index (χ0) is 22.0. The van der Waals surface area contributed by atoms with Crippen molar-refractivity contribution in [2.75, 3.05) is 16.3 Å². The summed E-state index contributed by atoms with van der Waals surface area (Å²) in [6.45, 7) is 0.790. The number of rotatable bonds is 5. The van der Waals surface area contributed by atoms with Gasteiger partial charge in [-0.1, -0.05) is 36.8 Å². The highest BCUT2D eigenvalue weighted by Gasteiger charge is 2.24. The number of fused-ring (bicyclic) bond motifs is 1. The van der Waals surface area contributed by atoms with E-state index in [1.807, 2.05) is 30.3 Å². The van der Waals surface area contributed by atoms with Crippen molar-refractivity contribution in [3.63, 3.8) is 0 Å². The largest absolute Gasteiger partial charge is 0.327 e. The Labute approximate surface area is 180 Å². The van der Waals surface area contributed by atoms with Crippen LogP contribution in [-0.4, -0.2) is 30.1 Å². The summed E-state index contributed by atoms with van der Waals surface area (Å²) in [4.78, 5) is 17.8. The number of anilines is 2. The molecule has 0 saturated heterocycles. The molecule has 0 atom stereocenters. The van der Waals surface area contributed by atoms with Crippen LogP contribution in [0.2, 0.25) is 0 Å². The van der Waals surface area contributed by atoms with Gasteiger partial charge < -0.3 is 9.88 Å². The molecule has 162 valence electrons. The molecule has 2 heterocycles. The van der Waals surface area contributed by atoms with Crippen molar-refractivity contribution in [3.05, 3.63) is 65.7 Å². The van der Waals surface area contributed by atoms with Crippen LogP contribution >= 0.6 is 0 Å². The van der Waals surface area contributed by atoms with Gasteiger partial charge in [-0.05, 0) is 37.5 Å². The number of sulfonamides is 1. The summed E-state index contributed by atoms with van der Waals surface area (Å²) >= 11 is 0. The second-order valence-electron chi connectivity index (χ2n) is 7.58. The fourth-order valence-electron chi connectivity index (χ4n) is 3.78. The molecule has 4 rings (SSSR count). The van der Waals surface area contributed by atoms with Crippen LogP contribution in [0.1, 0.15) is 35.4 Å². The molecule has 9 heteroatoms. The van der Waals surface area contributed by atoms with E-state index in [1.165, 1.54) is 12.1 Å². The van der Waals surface area contributed by atoms with E-state index >= 15 is 0 Å². The summed E-state index contributed by atoms with van der Waals surface area (Å²) in [6, 6.07) is 13.5. The van der Waals surface area contributed by atoms with E-state index < -0.39 is 21.7 Å². The molecule has 1 aliphatic heterocycles. The lowest BCUT2D eigenvalue weighted by molar-refractivity contribution is 0.102. The smallest absolute Gasteiger partial charge is 0.276 e. The normalized spacial score (nSPS) is 13.9. The van der Waals surface area contributed by atoms with Gasteiger partial charge in [-0.3, -0.25) is 9.52 Å². The van der Waals surface area contributed by atoms with Crippen molar-refractivity contribution >= 4 is 27.3 Å². The van der Waals surface area contributed by atoms with Crippen LogP contribution in [0.3, 0.4) is 0 Å². The summed E-state index contributed by atoms with van der Waals surface area (Å²) in [6.07, 6.45) is 4.74. The van der Waals surface area contributed by atoms with E-state index in [2.05, 4.69) is 19.6 Å². The van der Waals surface area contributed by atoms with Gasteiger partial charge in [0, 0.05) is 17.8 Å². The molecule has 0 bridgehead atoms. The Hall–Kier alpha value is -3.20. The minimum atomic E-state index is -3.66. The summed E-state index contributed by atoms with van der Waals surface area (Å²) in [5.41, 5.74) is 2.20. The van der Waals surface area contributed by atoms with Gasteiger partial charge >= 0.3 is 0 Å². The Balaban J connectivity index is 1.68. The zero-order valence-corrected chi connectivity index (χ0v) is 17.9. The first-order valence-corrected chi connectivity index (χ1v) is 11.9. The topological polar surface area (TPSA) is 93.1 Å². The van der Waals surface area contributed by atoms with E-state index in [4.69, 9.17) is 0 Å². The van der Waals surface area contributed by atoms with E-state index in [-0.39, 0.29) is 11.4 Å². The van der Waals surface area contributed by atoms with Crippen LogP contribution in [0.25, 0.3) is 11.4 Å². The van der Waals surface area contributed by atoms with E-state index in [1.54, 1.807) is 0 Å². The summed E-state index contributed by atoms with van der Waals surface area (Å²) in [5, 5.41) is 2.73. The number of benzene rings is 2. The molecule has 31 heavy (non-hydrogen) atoms. The van der Waals surface area contributed by atoms with Gasteiger partial charge in [-0.2, -0.15) is 0 Å². The predicted octanol–water partition coefficient (Wildman–Crippen LogP) is 4.04. The molecule has 0 spiro atoms. The number of carbonyl (C=O) groups excluding carboxylic acids is 1. The van der Waals surface area contributed by atoms with Gasteiger partial charge in [0.15, 0.2) is 0 Å². The molecule has 2 aromatic carbocycles. The highest BCUT2D eigenvalue weighted by Crippen LogP contribution is 2.28. The van der Waals surface area contributed by atoms with Crippen molar-refractivity contribution in [1.82, 2.24) is 9.55 Å². The third-order valence-electron chi connectivity index (χ3n) is 5.13. The van der Waals surface area contributed by atoms with Crippen molar-refractivity contribution in [3.8, 4) is 11.4 Å². The molecule has 3 aromatic rings. The van der Waals surface area contributed by atoms with Gasteiger partial charge in [0.2, 0.25) is 10.0 Å². The van der Waals surface area contributed by atoms with Crippen molar-refractivity contribution in [2.24, 2.45) is 0 Å². The van der Waals surface area contributed by atoms with Crippen molar-refractivity contribution in [2.45, 2.75) is 32.2 Å². The number of imidazole rings is 1. The minimum Gasteiger partial charge on any atom is -0.327 e. The second-order valence-corrected chi connectivity index (χ2v) is 9.33. The number of carbonyl (C=O) groups is 1. The van der Waals surface area contributed by atoms with Gasteiger partial charge in [0.05, 0.1) is 17.6 Å². The van der Waals surface area contributed by atoms with Crippen LogP contribution in [0.15, 0.2) is 48.5 Å². The lowest BCUT2D eigenvalue weighted by atomic mass is 10.1. The predicted molar refractivity (Wildman–Crippen MR) is 118 cm³/mol. The first-order chi connectivity index (χ1) is 14.8. The van der Waals surface area contributed by atoms with Gasteiger partial charge in [0.25, 0.3) is 5.91 Å². The molecule has 1 amide bonds.